The minimum absolute atomic E-state index is 0.157. The number of carbonyl (C=O) groups excluding carboxylic acids is 1. The van der Waals surface area contributed by atoms with Gasteiger partial charge in [0, 0.05) is 12.0 Å². The van der Waals surface area contributed by atoms with Crippen LogP contribution < -0.4 is 4.74 Å². The number of halogens is 2. The van der Waals surface area contributed by atoms with Crippen LogP contribution in [0.25, 0.3) is 0 Å². The lowest BCUT2D eigenvalue weighted by molar-refractivity contribution is 0.0982. The Balaban J connectivity index is 1.98. The lowest BCUT2D eigenvalue weighted by atomic mass is 10.0. The third-order valence-corrected chi connectivity index (χ3v) is 5.10. The number of hydrogen-bond donors (Lipinski definition) is 0. The smallest absolute Gasteiger partial charge is 0.165 e. The molecule has 2 aromatic rings. The number of methoxy groups -OCH3 is 1. The van der Waals surface area contributed by atoms with Crippen molar-refractivity contribution < 1.29 is 9.53 Å². The SMILES string of the molecule is COc1ccc(CCC(=O)c2cc(Br)sc2Br)cc1. The van der Waals surface area contributed by atoms with Crippen LogP contribution in [0.2, 0.25) is 0 Å². The van der Waals surface area contributed by atoms with Crippen LogP contribution in [0.5, 0.6) is 5.75 Å². The van der Waals surface area contributed by atoms with E-state index in [1.54, 1.807) is 7.11 Å². The molecule has 0 unspecified atom stereocenters. The van der Waals surface area contributed by atoms with Gasteiger partial charge in [0.05, 0.1) is 14.7 Å². The molecule has 2 rings (SSSR count). The highest BCUT2D eigenvalue weighted by Crippen LogP contribution is 2.32. The summed E-state index contributed by atoms with van der Waals surface area (Å²) >= 11 is 8.32. The van der Waals surface area contributed by atoms with Crippen molar-refractivity contribution in [1.29, 1.82) is 0 Å². The monoisotopic (exact) mass is 402 g/mol. The number of ether oxygens (including phenoxy) is 1. The summed E-state index contributed by atoms with van der Waals surface area (Å²) in [5.41, 5.74) is 1.89. The summed E-state index contributed by atoms with van der Waals surface area (Å²) in [6.07, 6.45) is 1.25. The number of rotatable bonds is 5. The molecule has 0 amide bonds. The molecular weight excluding hydrogens is 392 g/mol. The summed E-state index contributed by atoms with van der Waals surface area (Å²) in [5, 5.41) is 0. The fourth-order valence-corrected chi connectivity index (χ4v) is 4.57. The summed E-state index contributed by atoms with van der Waals surface area (Å²) in [6, 6.07) is 9.67. The first-order valence-corrected chi connectivity index (χ1v) is 8.11. The summed E-state index contributed by atoms with van der Waals surface area (Å²) in [5.74, 6) is 0.990. The van der Waals surface area contributed by atoms with E-state index in [1.807, 2.05) is 30.3 Å². The van der Waals surface area contributed by atoms with E-state index in [9.17, 15) is 4.79 Å². The Hall–Kier alpha value is -0.650. The molecule has 2 nitrogen and oxygen atoms in total. The largest absolute Gasteiger partial charge is 0.497 e. The van der Waals surface area contributed by atoms with Crippen molar-refractivity contribution in [3.63, 3.8) is 0 Å². The molecule has 0 spiro atoms. The predicted octanol–water partition coefficient (Wildman–Crippen LogP) is 5.10. The van der Waals surface area contributed by atoms with Gasteiger partial charge in [-0.2, -0.15) is 0 Å². The van der Waals surface area contributed by atoms with E-state index in [-0.39, 0.29) is 5.78 Å². The zero-order valence-corrected chi connectivity index (χ0v) is 14.3. The molecule has 1 aromatic carbocycles. The van der Waals surface area contributed by atoms with Gasteiger partial charge in [0.15, 0.2) is 5.78 Å². The van der Waals surface area contributed by atoms with Crippen LogP contribution in [-0.2, 0) is 6.42 Å². The lowest BCUT2D eigenvalue weighted by Crippen LogP contribution is -2.00. The molecule has 0 radical (unpaired) electrons. The summed E-state index contributed by atoms with van der Waals surface area (Å²) in [6.45, 7) is 0. The van der Waals surface area contributed by atoms with Crippen LogP contribution in [0.1, 0.15) is 22.3 Å². The van der Waals surface area contributed by atoms with Crippen LogP contribution in [0.4, 0.5) is 0 Å². The number of benzene rings is 1. The van der Waals surface area contributed by atoms with Gasteiger partial charge in [0.1, 0.15) is 5.75 Å². The molecule has 0 aliphatic heterocycles. The lowest BCUT2D eigenvalue weighted by Gasteiger charge is -2.03. The van der Waals surface area contributed by atoms with Crippen molar-refractivity contribution >= 4 is 49.0 Å². The van der Waals surface area contributed by atoms with Crippen LogP contribution in [0.3, 0.4) is 0 Å². The molecule has 0 saturated carbocycles. The number of carbonyl (C=O) groups is 1. The Bertz CT molecular complexity index is 576. The maximum atomic E-state index is 12.1. The standard InChI is InChI=1S/C14H12Br2O2S/c1-18-10-5-2-9(3-6-10)4-7-12(17)11-8-13(15)19-14(11)16/h2-3,5-6,8H,4,7H2,1H3. The molecular formula is C14H12Br2O2S. The maximum Gasteiger partial charge on any atom is 0.165 e. The minimum atomic E-state index is 0.157. The minimum Gasteiger partial charge on any atom is -0.497 e. The summed E-state index contributed by atoms with van der Waals surface area (Å²) in [4.78, 5) is 12.1. The van der Waals surface area contributed by atoms with Crippen LogP contribution >= 0.6 is 43.2 Å². The zero-order chi connectivity index (χ0) is 13.8. The molecule has 0 N–H and O–H groups in total. The maximum absolute atomic E-state index is 12.1. The Kier molecular flexibility index (Phi) is 5.19. The molecule has 19 heavy (non-hydrogen) atoms. The van der Waals surface area contributed by atoms with Gasteiger partial charge < -0.3 is 4.74 Å². The predicted molar refractivity (Wildman–Crippen MR) is 85.4 cm³/mol. The number of thiophene rings is 1. The first-order valence-electron chi connectivity index (χ1n) is 5.71. The van der Waals surface area contributed by atoms with E-state index in [4.69, 9.17) is 4.74 Å². The second kappa shape index (κ2) is 6.68. The topological polar surface area (TPSA) is 26.3 Å². The highest BCUT2D eigenvalue weighted by Gasteiger charge is 2.13. The van der Waals surface area contributed by atoms with Crippen LogP contribution in [-0.4, -0.2) is 12.9 Å². The van der Waals surface area contributed by atoms with Gasteiger partial charge in [0.2, 0.25) is 0 Å². The van der Waals surface area contributed by atoms with Gasteiger partial charge in [0.25, 0.3) is 0 Å². The Morgan fingerprint density at radius 1 is 1.26 bits per heavy atom. The van der Waals surface area contributed by atoms with Gasteiger partial charge in [-0.05, 0) is 62.0 Å². The van der Waals surface area contributed by atoms with Crippen molar-refractivity contribution in [1.82, 2.24) is 0 Å². The third-order valence-electron chi connectivity index (χ3n) is 2.76. The molecule has 0 atom stereocenters. The Labute approximate surface area is 133 Å². The zero-order valence-electron chi connectivity index (χ0n) is 10.3. The van der Waals surface area contributed by atoms with Crippen molar-refractivity contribution in [3.05, 3.63) is 49.0 Å². The van der Waals surface area contributed by atoms with E-state index in [0.29, 0.717) is 6.42 Å². The van der Waals surface area contributed by atoms with Gasteiger partial charge in [-0.1, -0.05) is 12.1 Å². The molecule has 0 fully saturated rings. The van der Waals surface area contributed by atoms with Crippen molar-refractivity contribution in [3.8, 4) is 5.75 Å². The molecule has 100 valence electrons. The first kappa shape index (κ1) is 14.8. The highest BCUT2D eigenvalue weighted by molar-refractivity contribution is 9.12. The third kappa shape index (κ3) is 3.91. The van der Waals surface area contributed by atoms with Gasteiger partial charge in [-0.3, -0.25) is 4.79 Å². The Morgan fingerprint density at radius 2 is 1.95 bits per heavy atom. The quantitative estimate of drug-likeness (QED) is 0.649. The van der Waals surface area contributed by atoms with E-state index in [0.717, 1.165) is 30.9 Å². The fraction of sp³-hybridized carbons (Fsp3) is 0.214. The van der Waals surface area contributed by atoms with E-state index in [2.05, 4.69) is 31.9 Å². The van der Waals surface area contributed by atoms with Crippen LogP contribution in [0.15, 0.2) is 37.9 Å². The number of hydrogen-bond acceptors (Lipinski definition) is 3. The fourth-order valence-electron chi connectivity index (χ4n) is 1.72. The highest BCUT2D eigenvalue weighted by atomic mass is 79.9. The van der Waals surface area contributed by atoms with Crippen molar-refractivity contribution in [2.24, 2.45) is 0 Å². The Morgan fingerprint density at radius 3 is 2.47 bits per heavy atom. The van der Waals surface area contributed by atoms with Gasteiger partial charge in [-0.15, -0.1) is 11.3 Å². The van der Waals surface area contributed by atoms with E-state index in [1.165, 1.54) is 11.3 Å². The second-order valence-corrected chi connectivity index (χ2v) is 7.76. The van der Waals surface area contributed by atoms with Gasteiger partial charge in [-0.25, -0.2) is 0 Å². The molecule has 0 bridgehead atoms. The number of ketones is 1. The summed E-state index contributed by atoms with van der Waals surface area (Å²) in [7, 11) is 1.64. The van der Waals surface area contributed by atoms with Crippen molar-refractivity contribution in [2.75, 3.05) is 7.11 Å². The average Bonchev–Trinajstić information content (AvgIpc) is 2.75. The normalized spacial score (nSPS) is 10.5. The molecule has 1 aromatic heterocycles. The molecule has 0 aliphatic carbocycles. The molecule has 1 heterocycles. The second-order valence-electron chi connectivity index (χ2n) is 4.01. The summed E-state index contributed by atoms with van der Waals surface area (Å²) < 4.78 is 6.96. The number of Topliss-reactive ketones (excluding diaryl/α,β-unsaturated/α-hetero) is 1. The number of aryl methyl sites for hydroxylation is 1. The van der Waals surface area contributed by atoms with Crippen molar-refractivity contribution in [2.45, 2.75) is 12.8 Å². The van der Waals surface area contributed by atoms with Gasteiger partial charge >= 0.3 is 0 Å². The average molecular weight is 404 g/mol. The first-order chi connectivity index (χ1) is 9.10. The van der Waals surface area contributed by atoms with Crippen LogP contribution in [0, 0.1) is 0 Å². The molecule has 5 heteroatoms. The molecule has 0 aliphatic rings. The molecule has 0 saturated heterocycles. The van der Waals surface area contributed by atoms with E-state index >= 15 is 0 Å². The van der Waals surface area contributed by atoms with E-state index < -0.39 is 0 Å².